The Morgan fingerprint density at radius 2 is 2.12 bits per heavy atom. The molecule has 90 valence electrons. The van der Waals surface area contributed by atoms with Gasteiger partial charge in [-0.2, -0.15) is 0 Å². The van der Waals surface area contributed by atoms with Crippen LogP contribution in [0.3, 0.4) is 0 Å². The maximum absolute atomic E-state index is 9.32. The quantitative estimate of drug-likeness (QED) is 0.691. The van der Waals surface area contributed by atoms with Crippen LogP contribution in [0.2, 0.25) is 0 Å². The van der Waals surface area contributed by atoms with Gasteiger partial charge in [0.05, 0.1) is 0 Å². The zero-order chi connectivity index (χ0) is 11.8. The molecule has 1 unspecified atom stereocenters. The Kier molecular flexibility index (Phi) is 5.94. The Bertz CT molecular complexity index is 299. The summed E-state index contributed by atoms with van der Waals surface area (Å²) >= 11 is 0. The number of benzene rings is 1. The van der Waals surface area contributed by atoms with Gasteiger partial charge in [-0.05, 0) is 31.0 Å². The summed E-state index contributed by atoms with van der Waals surface area (Å²) in [6.07, 6.45) is 5.12. The van der Waals surface area contributed by atoms with Crippen LogP contribution in [0.15, 0.2) is 24.3 Å². The molecule has 1 aromatic carbocycles. The lowest BCUT2D eigenvalue weighted by Gasteiger charge is -2.13. The van der Waals surface area contributed by atoms with Gasteiger partial charge in [-0.1, -0.05) is 38.3 Å². The van der Waals surface area contributed by atoms with E-state index in [-0.39, 0.29) is 0 Å². The number of unbranched alkanes of at least 4 members (excludes halogenated alkanes) is 2. The minimum absolute atomic E-state index is 0.345. The van der Waals surface area contributed by atoms with Gasteiger partial charge in [0.1, 0.15) is 5.75 Å². The predicted octanol–water partition coefficient (Wildman–Crippen LogP) is 3.45. The van der Waals surface area contributed by atoms with Crippen molar-refractivity contribution in [2.24, 2.45) is 0 Å². The van der Waals surface area contributed by atoms with Gasteiger partial charge in [-0.15, -0.1) is 0 Å². The van der Waals surface area contributed by atoms with E-state index in [1.807, 2.05) is 18.2 Å². The van der Waals surface area contributed by atoms with E-state index in [1.54, 1.807) is 6.07 Å². The topological polar surface area (TPSA) is 32.3 Å². The molecule has 16 heavy (non-hydrogen) atoms. The van der Waals surface area contributed by atoms with Crippen LogP contribution in [0.1, 0.15) is 45.1 Å². The Balaban J connectivity index is 2.23. The summed E-state index contributed by atoms with van der Waals surface area (Å²) in [7, 11) is 0. The van der Waals surface area contributed by atoms with Crippen molar-refractivity contribution in [3.8, 4) is 5.75 Å². The summed E-state index contributed by atoms with van der Waals surface area (Å²) in [6.45, 7) is 5.28. The first-order valence-corrected chi connectivity index (χ1v) is 6.23. The van der Waals surface area contributed by atoms with Gasteiger partial charge in [-0.25, -0.2) is 0 Å². The summed E-state index contributed by atoms with van der Waals surface area (Å²) in [6, 6.07) is 7.98. The number of nitrogens with one attached hydrogen (secondary N) is 1. The molecular weight excluding hydrogens is 198 g/mol. The van der Waals surface area contributed by atoms with Gasteiger partial charge in [0.2, 0.25) is 0 Å². The van der Waals surface area contributed by atoms with Crippen molar-refractivity contribution in [3.05, 3.63) is 29.8 Å². The highest BCUT2D eigenvalue weighted by atomic mass is 16.3. The van der Waals surface area contributed by atoms with Crippen molar-refractivity contribution in [1.82, 2.24) is 5.32 Å². The molecule has 2 N–H and O–H groups in total. The SMILES string of the molecule is CCCCCC(C)NCc1cccc(O)c1. The van der Waals surface area contributed by atoms with Crippen molar-refractivity contribution < 1.29 is 5.11 Å². The van der Waals surface area contributed by atoms with Gasteiger partial charge in [0.15, 0.2) is 0 Å². The van der Waals surface area contributed by atoms with Crippen LogP contribution in [0.4, 0.5) is 0 Å². The molecular formula is C14H23NO. The molecule has 0 saturated heterocycles. The standard InChI is InChI=1S/C14H23NO/c1-3-4-5-7-12(2)15-11-13-8-6-9-14(16)10-13/h6,8-10,12,15-16H,3-5,7,11H2,1-2H3. The second-order valence-electron chi connectivity index (χ2n) is 4.45. The molecule has 2 heteroatoms. The lowest BCUT2D eigenvalue weighted by atomic mass is 10.1. The summed E-state index contributed by atoms with van der Waals surface area (Å²) in [5, 5.41) is 12.8. The Labute approximate surface area is 98.7 Å². The number of phenolic OH excluding ortho intramolecular Hbond substituents is 1. The fourth-order valence-electron chi connectivity index (χ4n) is 1.76. The number of hydrogen-bond acceptors (Lipinski definition) is 2. The Morgan fingerprint density at radius 3 is 2.81 bits per heavy atom. The van der Waals surface area contributed by atoms with Crippen molar-refractivity contribution in [2.45, 2.75) is 52.1 Å². The molecule has 0 amide bonds. The van der Waals surface area contributed by atoms with Crippen LogP contribution in [0.5, 0.6) is 5.75 Å². The van der Waals surface area contributed by atoms with Crippen molar-refractivity contribution in [1.29, 1.82) is 0 Å². The van der Waals surface area contributed by atoms with Crippen molar-refractivity contribution >= 4 is 0 Å². The van der Waals surface area contributed by atoms with Crippen LogP contribution in [0, 0.1) is 0 Å². The molecule has 1 aromatic rings. The predicted molar refractivity (Wildman–Crippen MR) is 68.6 cm³/mol. The number of phenols is 1. The molecule has 0 fully saturated rings. The van der Waals surface area contributed by atoms with E-state index in [0.29, 0.717) is 11.8 Å². The number of rotatable bonds is 7. The third-order valence-corrected chi connectivity index (χ3v) is 2.81. The molecule has 0 spiro atoms. The smallest absolute Gasteiger partial charge is 0.115 e. The fourth-order valence-corrected chi connectivity index (χ4v) is 1.76. The first-order chi connectivity index (χ1) is 7.72. The molecule has 1 rings (SSSR count). The van der Waals surface area contributed by atoms with Gasteiger partial charge in [0, 0.05) is 12.6 Å². The molecule has 1 atom stereocenters. The molecule has 0 saturated carbocycles. The van der Waals surface area contributed by atoms with Crippen LogP contribution in [-0.2, 0) is 6.54 Å². The van der Waals surface area contributed by atoms with E-state index < -0.39 is 0 Å². The number of aromatic hydroxyl groups is 1. The summed E-state index contributed by atoms with van der Waals surface area (Å²) in [5.41, 5.74) is 1.14. The monoisotopic (exact) mass is 221 g/mol. The molecule has 0 bridgehead atoms. The normalized spacial score (nSPS) is 12.6. The highest BCUT2D eigenvalue weighted by Crippen LogP contribution is 2.11. The fraction of sp³-hybridized carbons (Fsp3) is 0.571. The van der Waals surface area contributed by atoms with E-state index in [0.717, 1.165) is 12.1 Å². The highest BCUT2D eigenvalue weighted by molar-refractivity contribution is 5.26. The van der Waals surface area contributed by atoms with E-state index in [2.05, 4.69) is 19.2 Å². The average Bonchev–Trinajstić information content (AvgIpc) is 2.27. The first kappa shape index (κ1) is 13.0. The maximum Gasteiger partial charge on any atom is 0.115 e. The molecule has 0 aliphatic rings. The minimum Gasteiger partial charge on any atom is -0.508 e. The largest absolute Gasteiger partial charge is 0.508 e. The second kappa shape index (κ2) is 7.29. The lowest BCUT2D eigenvalue weighted by Crippen LogP contribution is -2.25. The zero-order valence-corrected chi connectivity index (χ0v) is 10.4. The van der Waals surface area contributed by atoms with Crippen molar-refractivity contribution in [2.75, 3.05) is 0 Å². The first-order valence-electron chi connectivity index (χ1n) is 6.23. The van der Waals surface area contributed by atoms with Crippen LogP contribution in [-0.4, -0.2) is 11.1 Å². The van der Waals surface area contributed by atoms with E-state index in [4.69, 9.17) is 0 Å². The molecule has 0 aliphatic carbocycles. The van der Waals surface area contributed by atoms with Crippen LogP contribution < -0.4 is 5.32 Å². The molecule has 0 aliphatic heterocycles. The van der Waals surface area contributed by atoms with Crippen LogP contribution >= 0.6 is 0 Å². The van der Waals surface area contributed by atoms with E-state index in [1.165, 1.54) is 25.7 Å². The minimum atomic E-state index is 0.345. The van der Waals surface area contributed by atoms with Gasteiger partial charge < -0.3 is 10.4 Å². The molecule has 0 radical (unpaired) electrons. The van der Waals surface area contributed by atoms with Crippen molar-refractivity contribution in [3.63, 3.8) is 0 Å². The summed E-state index contributed by atoms with van der Waals surface area (Å²) < 4.78 is 0. The molecule has 2 nitrogen and oxygen atoms in total. The zero-order valence-electron chi connectivity index (χ0n) is 10.4. The van der Waals surface area contributed by atoms with Gasteiger partial charge >= 0.3 is 0 Å². The lowest BCUT2D eigenvalue weighted by molar-refractivity contribution is 0.469. The van der Waals surface area contributed by atoms with Gasteiger partial charge in [-0.3, -0.25) is 0 Å². The van der Waals surface area contributed by atoms with E-state index in [9.17, 15) is 5.11 Å². The molecule has 0 aromatic heterocycles. The Morgan fingerprint density at radius 1 is 1.31 bits per heavy atom. The Hall–Kier alpha value is -1.02. The second-order valence-corrected chi connectivity index (χ2v) is 4.45. The summed E-state index contributed by atoms with van der Waals surface area (Å²) in [5.74, 6) is 0.345. The summed E-state index contributed by atoms with van der Waals surface area (Å²) in [4.78, 5) is 0. The van der Waals surface area contributed by atoms with E-state index >= 15 is 0 Å². The maximum atomic E-state index is 9.32. The third kappa shape index (κ3) is 5.17. The van der Waals surface area contributed by atoms with Gasteiger partial charge in [0.25, 0.3) is 0 Å². The average molecular weight is 221 g/mol. The highest BCUT2D eigenvalue weighted by Gasteiger charge is 2.01. The number of hydrogen-bond donors (Lipinski definition) is 2. The van der Waals surface area contributed by atoms with Crippen LogP contribution in [0.25, 0.3) is 0 Å². The third-order valence-electron chi connectivity index (χ3n) is 2.81. The molecule has 0 heterocycles.